The first-order valence-electron chi connectivity index (χ1n) is 8.28. The van der Waals surface area contributed by atoms with Crippen LogP contribution in [0.2, 0.25) is 0 Å². The van der Waals surface area contributed by atoms with E-state index in [4.69, 9.17) is 0 Å². The molecule has 0 N–H and O–H groups in total. The molecular formula is C15H24F3N5O. The first kappa shape index (κ1) is 18.7. The molecule has 24 heavy (non-hydrogen) atoms. The molecule has 0 radical (unpaired) electrons. The van der Waals surface area contributed by atoms with Crippen molar-refractivity contribution in [3.63, 3.8) is 0 Å². The van der Waals surface area contributed by atoms with Gasteiger partial charge < -0.3 is 4.90 Å². The largest absolute Gasteiger partial charge is 0.453 e. The number of hydrogen-bond acceptors (Lipinski definition) is 4. The number of amides is 1. The van der Waals surface area contributed by atoms with E-state index in [-0.39, 0.29) is 5.54 Å². The summed E-state index contributed by atoms with van der Waals surface area (Å²) in [6.45, 7) is 10.4. The van der Waals surface area contributed by atoms with Crippen LogP contribution in [0.4, 0.5) is 18.0 Å². The lowest BCUT2D eigenvalue weighted by Gasteiger charge is -2.50. The fourth-order valence-electron chi connectivity index (χ4n) is 3.20. The second kappa shape index (κ2) is 6.70. The quantitative estimate of drug-likeness (QED) is 0.784. The number of alkyl halides is 3. The Kier molecular flexibility index (Phi) is 5.22. The summed E-state index contributed by atoms with van der Waals surface area (Å²) in [5.74, 6) is -1.29. The van der Waals surface area contributed by atoms with Crippen LogP contribution in [0.1, 0.15) is 46.4 Å². The van der Waals surface area contributed by atoms with Crippen molar-refractivity contribution in [2.24, 2.45) is 0 Å². The van der Waals surface area contributed by atoms with Gasteiger partial charge in [-0.15, -0.1) is 5.10 Å². The zero-order chi connectivity index (χ0) is 18.1. The Labute approximate surface area is 139 Å². The molecule has 2 saturated heterocycles. The summed E-state index contributed by atoms with van der Waals surface area (Å²) in [5, 5.41) is 3.27. The molecule has 2 aliphatic rings. The smallest absolute Gasteiger partial charge is 0.316 e. The predicted molar refractivity (Wildman–Crippen MR) is 82.5 cm³/mol. The second-order valence-corrected chi connectivity index (χ2v) is 6.23. The first-order valence-corrected chi connectivity index (χ1v) is 8.28. The molecule has 9 heteroatoms. The van der Waals surface area contributed by atoms with Crippen molar-refractivity contribution in [2.75, 3.05) is 19.6 Å². The SMILES string of the molecule is CC.CC(C)N1CCC2(CCN2C(=O)n2cnc(C(F)(F)F)n2)C1. The molecular weight excluding hydrogens is 323 g/mol. The Bertz CT molecular complexity index is 586. The van der Waals surface area contributed by atoms with Gasteiger partial charge in [0.1, 0.15) is 6.33 Å². The number of halogens is 3. The van der Waals surface area contributed by atoms with Crippen molar-refractivity contribution in [2.45, 2.75) is 58.3 Å². The van der Waals surface area contributed by atoms with Gasteiger partial charge in [0.2, 0.25) is 0 Å². The van der Waals surface area contributed by atoms with Crippen molar-refractivity contribution in [3.05, 3.63) is 12.2 Å². The van der Waals surface area contributed by atoms with E-state index in [1.54, 1.807) is 4.90 Å². The molecule has 1 aromatic heterocycles. The van der Waals surface area contributed by atoms with E-state index < -0.39 is 18.0 Å². The molecule has 1 aromatic rings. The molecule has 0 bridgehead atoms. The molecule has 6 nitrogen and oxygen atoms in total. The fourth-order valence-corrected chi connectivity index (χ4v) is 3.20. The van der Waals surface area contributed by atoms with Gasteiger partial charge in [-0.2, -0.15) is 17.9 Å². The highest BCUT2D eigenvalue weighted by atomic mass is 19.4. The number of nitrogens with zero attached hydrogens (tertiary/aromatic N) is 5. The lowest BCUT2D eigenvalue weighted by Crippen LogP contribution is -2.64. The molecule has 0 saturated carbocycles. The fraction of sp³-hybridized carbons (Fsp3) is 0.800. The summed E-state index contributed by atoms with van der Waals surface area (Å²) in [6, 6.07) is -0.139. The van der Waals surface area contributed by atoms with Gasteiger partial charge in [0.15, 0.2) is 0 Å². The van der Waals surface area contributed by atoms with Crippen LogP contribution in [0.15, 0.2) is 6.33 Å². The van der Waals surface area contributed by atoms with Crippen LogP contribution < -0.4 is 0 Å². The molecule has 1 amide bonds. The molecule has 3 rings (SSSR count). The van der Waals surface area contributed by atoms with E-state index in [0.29, 0.717) is 17.3 Å². The summed E-state index contributed by atoms with van der Waals surface area (Å²) >= 11 is 0. The summed E-state index contributed by atoms with van der Waals surface area (Å²) in [5.41, 5.74) is -0.258. The van der Waals surface area contributed by atoms with E-state index in [0.717, 1.165) is 32.3 Å². The lowest BCUT2D eigenvalue weighted by molar-refractivity contribution is -0.144. The molecule has 2 fully saturated rings. The van der Waals surface area contributed by atoms with Gasteiger partial charge in [0.05, 0.1) is 5.54 Å². The van der Waals surface area contributed by atoms with E-state index in [1.807, 2.05) is 13.8 Å². The first-order chi connectivity index (χ1) is 11.2. The van der Waals surface area contributed by atoms with Gasteiger partial charge in [-0.3, -0.25) is 4.90 Å². The van der Waals surface area contributed by atoms with Gasteiger partial charge in [0, 0.05) is 25.7 Å². The third-order valence-corrected chi connectivity index (χ3v) is 4.64. The average molecular weight is 347 g/mol. The monoisotopic (exact) mass is 347 g/mol. The highest BCUT2D eigenvalue weighted by Crippen LogP contribution is 2.40. The van der Waals surface area contributed by atoms with Crippen LogP contribution in [-0.2, 0) is 6.18 Å². The van der Waals surface area contributed by atoms with Crippen LogP contribution in [0.5, 0.6) is 0 Å². The lowest BCUT2D eigenvalue weighted by atomic mass is 9.84. The van der Waals surface area contributed by atoms with E-state index in [2.05, 4.69) is 28.8 Å². The van der Waals surface area contributed by atoms with Gasteiger partial charge in [0.25, 0.3) is 5.82 Å². The highest BCUT2D eigenvalue weighted by Gasteiger charge is 2.52. The Morgan fingerprint density at radius 1 is 1.25 bits per heavy atom. The normalized spacial score (nSPS) is 24.1. The van der Waals surface area contributed by atoms with Crippen LogP contribution in [-0.4, -0.2) is 61.8 Å². The van der Waals surface area contributed by atoms with Crippen LogP contribution >= 0.6 is 0 Å². The highest BCUT2D eigenvalue weighted by molar-refractivity contribution is 5.77. The number of rotatable bonds is 1. The Balaban J connectivity index is 0.00000100. The van der Waals surface area contributed by atoms with Crippen molar-refractivity contribution >= 4 is 6.03 Å². The van der Waals surface area contributed by atoms with Crippen molar-refractivity contribution in [1.29, 1.82) is 0 Å². The number of carbonyl (C=O) groups is 1. The molecule has 0 aliphatic carbocycles. The molecule has 136 valence electrons. The second-order valence-electron chi connectivity index (χ2n) is 6.23. The Morgan fingerprint density at radius 2 is 1.88 bits per heavy atom. The molecule has 1 spiro atoms. The maximum Gasteiger partial charge on any atom is 0.453 e. The molecule has 1 atom stereocenters. The molecule has 0 aromatic carbocycles. The number of likely N-dealkylation sites (tertiary alicyclic amines) is 2. The van der Waals surface area contributed by atoms with Gasteiger partial charge in [-0.05, 0) is 26.7 Å². The summed E-state index contributed by atoms with van der Waals surface area (Å²) in [6.07, 6.45) is -2.08. The number of aromatic nitrogens is 3. The Morgan fingerprint density at radius 3 is 2.29 bits per heavy atom. The maximum atomic E-state index is 12.5. The summed E-state index contributed by atoms with van der Waals surface area (Å²) < 4.78 is 38.3. The minimum atomic E-state index is -4.64. The number of carbonyl (C=O) groups excluding carboxylic acids is 1. The van der Waals surface area contributed by atoms with Crippen LogP contribution in [0.3, 0.4) is 0 Å². The third-order valence-electron chi connectivity index (χ3n) is 4.64. The van der Waals surface area contributed by atoms with Crippen molar-refractivity contribution < 1.29 is 18.0 Å². The van der Waals surface area contributed by atoms with Crippen LogP contribution in [0, 0.1) is 0 Å². The zero-order valence-corrected chi connectivity index (χ0v) is 14.5. The topological polar surface area (TPSA) is 54.3 Å². The molecule has 1 unspecified atom stereocenters. The third kappa shape index (κ3) is 3.26. The van der Waals surface area contributed by atoms with E-state index in [1.165, 1.54) is 0 Å². The number of hydrogen-bond donors (Lipinski definition) is 0. The minimum Gasteiger partial charge on any atom is -0.316 e. The maximum absolute atomic E-state index is 12.5. The van der Waals surface area contributed by atoms with E-state index >= 15 is 0 Å². The zero-order valence-electron chi connectivity index (χ0n) is 14.5. The van der Waals surface area contributed by atoms with Gasteiger partial charge in [-0.1, -0.05) is 13.8 Å². The van der Waals surface area contributed by atoms with E-state index in [9.17, 15) is 18.0 Å². The summed E-state index contributed by atoms with van der Waals surface area (Å²) in [7, 11) is 0. The minimum absolute atomic E-state index is 0.258. The standard InChI is InChI=1S/C13H18F3N5O.C2H6/c1-9(2)19-5-3-12(7-19)4-6-20(12)11(22)21-8-17-10(18-21)13(14,15)16;1-2/h8-9H,3-7H2,1-2H3;1-2H3. The molecule has 3 heterocycles. The molecule has 2 aliphatic heterocycles. The Hall–Kier alpha value is -1.64. The van der Waals surface area contributed by atoms with Gasteiger partial charge in [-0.25, -0.2) is 9.78 Å². The average Bonchev–Trinajstić information content (AvgIpc) is 3.16. The van der Waals surface area contributed by atoms with Gasteiger partial charge >= 0.3 is 12.2 Å². The summed E-state index contributed by atoms with van der Waals surface area (Å²) in [4.78, 5) is 19.5. The van der Waals surface area contributed by atoms with Crippen LogP contribution in [0.25, 0.3) is 0 Å². The predicted octanol–water partition coefficient (Wildman–Crippen LogP) is 2.85. The van der Waals surface area contributed by atoms with Crippen molar-refractivity contribution in [1.82, 2.24) is 24.6 Å². The van der Waals surface area contributed by atoms with Crippen molar-refractivity contribution in [3.8, 4) is 0 Å².